The smallest absolute Gasteiger partial charge is 0.0248 e. The number of nitrogens with one attached hydrogen (secondary N) is 1. The minimum atomic E-state index is 0. The number of hydrogen-bond acceptors (Lipinski definition) is 2. The molecule has 1 aromatic carbocycles. The molecular weight excluding hydrogens is 300 g/mol. The Hall–Kier alpha value is -0.0900. The van der Waals surface area contributed by atoms with Crippen molar-refractivity contribution in [1.82, 2.24) is 10.2 Å². The Bertz CT molecular complexity index is 346. The molecule has 2 nitrogen and oxygen atoms in total. The summed E-state index contributed by atoms with van der Waals surface area (Å²) >= 11 is 3.62. The molecule has 1 atom stereocenters. The van der Waals surface area contributed by atoms with Gasteiger partial charge in [0.2, 0.25) is 0 Å². The van der Waals surface area contributed by atoms with Crippen molar-refractivity contribution >= 4 is 28.3 Å². The molecule has 1 aromatic rings. The van der Waals surface area contributed by atoms with E-state index in [-0.39, 0.29) is 12.4 Å². The van der Waals surface area contributed by atoms with Gasteiger partial charge in [0.05, 0.1) is 0 Å². The van der Waals surface area contributed by atoms with Crippen molar-refractivity contribution in [2.24, 2.45) is 0 Å². The summed E-state index contributed by atoms with van der Waals surface area (Å²) in [5.41, 5.74) is 1.39. The molecule has 96 valence electrons. The molecule has 17 heavy (non-hydrogen) atoms. The van der Waals surface area contributed by atoms with Crippen molar-refractivity contribution in [3.8, 4) is 0 Å². The molecule has 0 aromatic heterocycles. The lowest BCUT2D eigenvalue weighted by Crippen LogP contribution is -2.36. The van der Waals surface area contributed by atoms with Crippen LogP contribution in [0.5, 0.6) is 0 Å². The van der Waals surface area contributed by atoms with Crippen LogP contribution in [0.1, 0.15) is 18.4 Å². The summed E-state index contributed by atoms with van der Waals surface area (Å²) in [6, 6.07) is 9.22. The molecule has 1 aliphatic rings. The van der Waals surface area contributed by atoms with Gasteiger partial charge in [-0.2, -0.15) is 0 Å². The average molecular weight is 320 g/mol. The molecule has 4 heteroatoms. The van der Waals surface area contributed by atoms with Crippen LogP contribution in [-0.4, -0.2) is 31.1 Å². The van der Waals surface area contributed by atoms with Gasteiger partial charge in [0, 0.05) is 23.6 Å². The second-order valence-corrected chi connectivity index (χ2v) is 5.27. The third-order valence-corrected chi connectivity index (χ3v) is 4.04. The zero-order valence-electron chi connectivity index (χ0n) is 10.2. The molecule has 1 N–H and O–H groups in total. The maximum atomic E-state index is 3.62. The van der Waals surface area contributed by atoms with Crippen molar-refractivity contribution < 1.29 is 0 Å². The second-order valence-electron chi connectivity index (χ2n) is 4.42. The molecule has 1 heterocycles. The molecule has 1 saturated heterocycles. The van der Waals surface area contributed by atoms with E-state index in [9.17, 15) is 0 Å². The molecule has 1 aliphatic heterocycles. The van der Waals surface area contributed by atoms with Gasteiger partial charge in [0.15, 0.2) is 0 Å². The number of likely N-dealkylation sites (N-methyl/N-ethyl adjacent to an activating group) is 1. The van der Waals surface area contributed by atoms with Gasteiger partial charge < -0.3 is 5.32 Å². The van der Waals surface area contributed by atoms with Crippen molar-refractivity contribution in [2.45, 2.75) is 25.4 Å². The van der Waals surface area contributed by atoms with Crippen LogP contribution in [0.15, 0.2) is 28.7 Å². The maximum Gasteiger partial charge on any atom is 0.0248 e. The van der Waals surface area contributed by atoms with Gasteiger partial charge >= 0.3 is 0 Å². The lowest BCUT2D eigenvalue weighted by Gasteiger charge is -2.24. The van der Waals surface area contributed by atoms with Gasteiger partial charge in [-0.1, -0.05) is 34.1 Å². The predicted molar refractivity (Wildman–Crippen MR) is 78.7 cm³/mol. The number of benzene rings is 1. The summed E-state index contributed by atoms with van der Waals surface area (Å²) in [7, 11) is 2.04. The molecule has 0 saturated carbocycles. The maximum absolute atomic E-state index is 3.62. The monoisotopic (exact) mass is 318 g/mol. The summed E-state index contributed by atoms with van der Waals surface area (Å²) < 4.78 is 1.23. The van der Waals surface area contributed by atoms with E-state index in [1.54, 1.807) is 0 Å². The highest BCUT2D eigenvalue weighted by Gasteiger charge is 2.23. The molecule has 2 rings (SSSR count). The number of halogens is 2. The third kappa shape index (κ3) is 3.95. The van der Waals surface area contributed by atoms with Crippen LogP contribution in [0.4, 0.5) is 0 Å². The van der Waals surface area contributed by atoms with Crippen molar-refractivity contribution in [2.75, 3.05) is 20.1 Å². The second kappa shape index (κ2) is 7.37. The fourth-order valence-corrected chi connectivity index (χ4v) is 2.83. The van der Waals surface area contributed by atoms with Gasteiger partial charge in [-0.3, -0.25) is 4.90 Å². The minimum absolute atomic E-state index is 0. The van der Waals surface area contributed by atoms with E-state index in [0.29, 0.717) is 6.04 Å². The average Bonchev–Trinajstić information content (AvgIpc) is 2.70. The molecule has 1 unspecified atom stereocenters. The van der Waals surface area contributed by atoms with Crippen LogP contribution >= 0.6 is 28.3 Å². The van der Waals surface area contributed by atoms with Gasteiger partial charge in [-0.15, -0.1) is 12.4 Å². The van der Waals surface area contributed by atoms with E-state index >= 15 is 0 Å². The first-order valence-corrected chi connectivity index (χ1v) is 6.72. The summed E-state index contributed by atoms with van der Waals surface area (Å²) in [6.45, 7) is 3.39. The van der Waals surface area contributed by atoms with E-state index in [2.05, 4.69) is 50.4 Å². The van der Waals surface area contributed by atoms with Crippen LogP contribution in [0.25, 0.3) is 0 Å². The van der Waals surface area contributed by atoms with E-state index in [1.807, 2.05) is 7.05 Å². The third-order valence-electron chi connectivity index (χ3n) is 3.27. The molecule has 0 spiro atoms. The zero-order chi connectivity index (χ0) is 11.4. The molecule has 1 fully saturated rings. The van der Waals surface area contributed by atoms with Gasteiger partial charge in [-0.25, -0.2) is 0 Å². The van der Waals surface area contributed by atoms with Gasteiger partial charge in [-0.05, 0) is 38.1 Å². The van der Waals surface area contributed by atoms with Gasteiger partial charge in [0.25, 0.3) is 0 Å². The quantitative estimate of drug-likeness (QED) is 0.917. The Labute approximate surface area is 118 Å². The fraction of sp³-hybridized carbons (Fsp3) is 0.538. The van der Waals surface area contributed by atoms with Crippen molar-refractivity contribution in [3.05, 3.63) is 34.3 Å². The lowest BCUT2D eigenvalue weighted by molar-refractivity contribution is 0.242. The first-order valence-electron chi connectivity index (χ1n) is 5.93. The highest BCUT2D eigenvalue weighted by Crippen LogP contribution is 2.23. The van der Waals surface area contributed by atoms with Crippen molar-refractivity contribution in [3.63, 3.8) is 0 Å². The summed E-state index contributed by atoms with van der Waals surface area (Å²) in [4.78, 5) is 2.58. The van der Waals surface area contributed by atoms with Gasteiger partial charge in [0.1, 0.15) is 0 Å². The Morgan fingerprint density at radius 2 is 2.18 bits per heavy atom. The highest BCUT2D eigenvalue weighted by atomic mass is 79.9. The largest absolute Gasteiger partial charge is 0.318 e. The molecule has 0 radical (unpaired) electrons. The number of likely N-dealkylation sites (tertiary alicyclic amines) is 1. The number of hydrogen-bond donors (Lipinski definition) is 1. The SMILES string of the molecule is CNCC1CCCN1Cc1ccccc1Br.Cl. The van der Waals surface area contributed by atoms with Crippen LogP contribution in [-0.2, 0) is 6.54 Å². The Morgan fingerprint density at radius 3 is 2.88 bits per heavy atom. The molecule has 0 aliphatic carbocycles. The Morgan fingerprint density at radius 1 is 1.41 bits per heavy atom. The Balaban J connectivity index is 0.00000144. The first-order chi connectivity index (χ1) is 7.81. The fourth-order valence-electron chi connectivity index (χ4n) is 2.42. The van der Waals surface area contributed by atoms with E-state index < -0.39 is 0 Å². The molecule has 0 amide bonds. The van der Waals surface area contributed by atoms with Crippen LogP contribution in [0.2, 0.25) is 0 Å². The molecule has 0 bridgehead atoms. The lowest BCUT2D eigenvalue weighted by atomic mass is 10.2. The van der Waals surface area contributed by atoms with E-state index in [0.717, 1.165) is 13.1 Å². The predicted octanol–water partition coefficient (Wildman–Crippen LogP) is 3.05. The highest BCUT2D eigenvalue weighted by molar-refractivity contribution is 9.10. The number of rotatable bonds is 4. The molecular formula is C13H20BrClN2. The topological polar surface area (TPSA) is 15.3 Å². The van der Waals surface area contributed by atoms with Crippen molar-refractivity contribution in [1.29, 1.82) is 0 Å². The number of nitrogens with zero attached hydrogens (tertiary/aromatic N) is 1. The van der Waals surface area contributed by atoms with E-state index in [4.69, 9.17) is 0 Å². The summed E-state index contributed by atoms with van der Waals surface area (Å²) in [5, 5.41) is 3.29. The zero-order valence-corrected chi connectivity index (χ0v) is 12.6. The van der Waals surface area contributed by atoms with Crippen LogP contribution < -0.4 is 5.32 Å². The van der Waals surface area contributed by atoms with Crippen LogP contribution in [0, 0.1) is 0 Å². The minimum Gasteiger partial charge on any atom is -0.318 e. The standard InChI is InChI=1S/C13H19BrN2.ClH/c1-15-9-12-6-4-8-16(12)10-11-5-2-3-7-13(11)14;/h2-3,5,7,12,15H,4,6,8-10H2,1H3;1H. The summed E-state index contributed by atoms with van der Waals surface area (Å²) in [6.07, 6.45) is 2.65. The normalized spacial score (nSPS) is 20.2. The first kappa shape index (κ1) is 15.0. The Kier molecular flexibility index (Phi) is 6.49. The summed E-state index contributed by atoms with van der Waals surface area (Å²) in [5.74, 6) is 0. The van der Waals surface area contributed by atoms with E-state index in [1.165, 1.54) is 29.4 Å². The van der Waals surface area contributed by atoms with Crippen LogP contribution in [0.3, 0.4) is 0 Å².